The van der Waals surface area contributed by atoms with E-state index < -0.39 is 0 Å². The van der Waals surface area contributed by atoms with Crippen LogP contribution in [0.1, 0.15) is 25.7 Å². The topological polar surface area (TPSA) is 0 Å². The molecule has 0 heterocycles. The third-order valence-electron chi connectivity index (χ3n) is 1.42. The Labute approximate surface area is 88.4 Å². The molecule has 0 amide bonds. The third-order valence-corrected chi connectivity index (χ3v) is 1.76. The Morgan fingerprint density at radius 1 is 1.09 bits per heavy atom. The Kier molecular flexibility index (Phi) is 10.8. The first-order valence-electron chi connectivity index (χ1n) is 3.39. The van der Waals surface area contributed by atoms with Gasteiger partial charge in [0.2, 0.25) is 0 Å². The maximum atomic E-state index is 5.82. The van der Waals surface area contributed by atoms with E-state index in [0.29, 0.717) is 0 Å². The Balaban J connectivity index is 0. The van der Waals surface area contributed by atoms with Gasteiger partial charge in [0.15, 0.2) is 0 Å². The van der Waals surface area contributed by atoms with Crippen molar-refractivity contribution < 1.29 is 20.4 Å². The van der Waals surface area contributed by atoms with Crippen LogP contribution >= 0.6 is 11.6 Å². The summed E-state index contributed by atoms with van der Waals surface area (Å²) in [6, 6.07) is 0. The third kappa shape index (κ3) is 6.82. The standard InChI is InChI=1S/C8H11Cl.CH3.Pd/c9-8-6-4-2-1-3-5-7-8;;/h1-2,7H,3-6H2;1H3;/q;-1;. The van der Waals surface area contributed by atoms with Gasteiger partial charge in [-0.3, -0.25) is 0 Å². The monoisotopic (exact) mass is 263 g/mol. The molecule has 2 heteroatoms. The molecule has 0 aliphatic heterocycles. The average Bonchev–Trinajstić information content (AvgIpc) is 1.79. The molecule has 0 radical (unpaired) electrons. The minimum absolute atomic E-state index is 0. The molecule has 0 aromatic carbocycles. The molecule has 0 saturated carbocycles. The molecule has 0 N–H and O–H groups in total. The molecule has 0 atom stereocenters. The Bertz CT molecular complexity index is 138. The maximum Gasteiger partial charge on any atom is 0.0144 e. The van der Waals surface area contributed by atoms with E-state index in [1.54, 1.807) is 0 Å². The van der Waals surface area contributed by atoms with Crippen molar-refractivity contribution in [3.05, 3.63) is 30.7 Å². The quantitative estimate of drug-likeness (QED) is 0.355. The zero-order chi connectivity index (χ0) is 6.53. The maximum absolute atomic E-state index is 5.82. The van der Waals surface area contributed by atoms with Crippen LogP contribution in [0.4, 0.5) is 0 Å². The Morgan fingerprint density at radius 2 is 1.73 bits per heavy atom. The first kappa shape index (κ1) is 14.0. The van der Waals surface area contributed by atoms with Gasteiger partial charge in [-0.25, -0.2) is 0 Å². The van der Waals surface area contributed by atoms with Gasteiger partial charge in [-0.1, -0.05) is 29.8 Å². The van der Waals surface area contributed by atoms with Gasteiger partial charge in [0.25, 0.3) is 0 Å². The van der Waals surface area contributed by atoms with E-state index in [-0.39, 0.29) is 27.8 Å². The SMILES string of the molecule is ClC1=CCCC=CCC1.[CH3-].[Pd]. The van der Waals surface area contributed by atoms with E-state index in [0.717, 1.165) is 30.7 Å². The van der Waals surface area contributed by atoms with Crippen LogP contribution in [-0.2, 0) is 20.4 Å². The second-order valence-corrected chi connectivity index (χ2v) is 2.72. The first-order chi connectivity index (χ1) is 4.39. The molecule has 0 bridgehead atoms. The minimum atomic E-state index is 0. The van der Waals surface area contributed by atoms with Crippen LogP contribution in [-0.4, -0.2) is 0 Å². The smallest absolute Gasteiger partial charge is 0.0144 e. The van der Waals surface area contributed by atoms with Gasteiger partial charge in [0.1, 0.15) is 0 Å². The van der Waals surface area contributed by atoms with Gasteiger partial charge in [-0.2, -0.15) is 0 Å². The van der Waals surface area contributed by atoms with Crippen molar-refractivity contribution in [3.8, 4) is 0 Å². The average molecular weight is 264 g/mol. The van der Waals surface area contributed by atoms with Crippen molar-refractivity contribution in [2.45, 2.75) is 25.7 Å². The van der Waals surface area contributed by atoms with Crippen molar-refractivity contribution in [2.75, 3.05) is 0 Å². The van der Waals surface area contributed by atoms with Gasteiger partial charge in [0, 0.05) is 25.5 Å². The van der Waals surface area contributed by atoms with E-state index in [2.05, 4.69) is 18.2 Å². The van der Waals surface area contributed by atoms with Gasteiger partial charge < -0.3 is 7.43 Å². The molecule has 68 valence electrons. The van der Waals surface area contributed by atoms with Crippen molar-refractivity contribution in [1.82, 2.24) is 0 Å². The van der Waals surface area contributed by atoms with E-state index in [1.807, 2.05) is 0 Å². The first-order valence-corrected chi connectivity index (χ1v) is 3.77. The molecule has 0 aromatic heterocycles. The van der Waals surface area contributed by atoms with E-state index in [1.165, 1.54) is 0 Å². The summed E-state index contributed by atoms with van der Waals surface area (Å²) < 4.78 is 0. The summed E-state index contributed by atoms with van der Waals surface area (Å²) in [5, 5.41) is 1.03. The van der Waals surface area contributed by atoms with Crippen LogP contribution in [0.2, 0.25) is 0 Å². The van der Waals surface area contributed by atoms with Crippen LogP contribution in [0, 0.1) is 7.43 Å². The van der Waals surface area contributed by atoms with E-state index in [9.17, 15) is 0 Å². The zero-order valence-corrected chi connectivity index (χ0v) is 9.07. The van der Waals surface area contributed by atoms with Crippen molar-refractivity contribution in [2.24, 2.45) is 0 Å². The molecule has 1 aliphatic carbocycles. The van der Waals surface area contributed by atoms with Crippen LogP contribution < -0.4 is 0 Å². The summed E-state index contributed by atoms with van der Waals surface area (Å²) in [6.07, 6.45) is 10.9. The van der Waals surface area contributed by atoms with Gasteiger partial charge in [-0.05, 0) is 25.7 Å². The van der Waals surface area contributed by atoms with Crippen LogP contribution in [0.5, 0.6) is 0 Å². The van der Waals surface area contributed by atoms with Crippen LogP contribution in [0.3, 0.4) is 0 Å². The molecule has 0 spiro atoms. The minimum Gasteiger partial charge on any atom is -0.358 e. The number of hydrogen-bond acceptors (Lipinski definition) is 0. The predicted molar refractivity (Wildman–Crippen MR) is 48.0 cm³/mol. The molecule has 11 heavy (non-hydrogen) atoms. The van der Waals surface area contributed by atoms with Gasteiger partial charge >= 0.3 is 0 Å². The molecule has 0 unspecified atom stereocenters. The molecule has 0 nitrogen and oxygen atoms in total. The van der Waals surface area contributed by atoms with Crippen molar-refractivity contribution in [3.63, 3.8) is 0 Å². The largest absolute Gasteiger partial charge is 0.358 e. The summed E-state index contributed by atoms with van der Waals surface area (Å²) >= 11 is 5.82. The summed E-state index contributed by atoms with van der Waals surface area (Å²) in [5.74, 6) is 0. The Morgan fingerprint density at radius 3 is 2.45 bits per heavy atom. The number of rotatable bonds is 0. The van der Waals surface area contributed by atoms with E-state index in [4.69, 9.17) is 11.6 Å². The normalized spacial score (nSPS) is 16.6. The fourth-order valence-corrected chi connectivity index (χ4v) is 1.11. The Hall–Kier alpha value is 0.432. The second kappa shape index (κ2) is 8.53. The fraction of sp³-hybridized carbons (Fsp3) is 0.444. The summed E-state index contributed by atoms with van der Waals surface area (Å²) in [5.41, 5.74) is 0. The number of allylic oxidation sites excluding steroid dienone is 4. The predicted octanol–water partition coefficient (Wildman–Crippen LogP) is 3.69. The molecule has 1 rings (SSSR count). The summed E-state index contributed by atoms with van der Waals surface area (Å²) in [4.78, 5) is 0. The molecule has 0 saturated heterocycles. The van der Waals surface area contributed by atoms with Crippen LogP contribution in [0.15, 0.2) is 23.3 Å². The molecule has 1 aliphatic rings. The van der Waals surface area contributed by atoms with Crippen LogP contribution in [0.25, 0.3) is 0 Å². The van der Waals surface area contributed by atoms with Crippen molar-refractivity contribution >= 4 is 11.6 Å². The molecular weight excluding hydrogens is 250 g/mol. The second-order valence-electron chi connectivity index (χ2n) is 2.24. The molecular formula is C9H14ClPd-. The summed E-state index contributed by atoms with van der Waals surface area (Å²) in [6.45, 7) is 0. The number of hydrogen-bond donors (Lipinski definition) is 0. The number of halogens is 1. The van der Waals surface area contributed by atoms with Gasteiger partial charge in [0.05, 0.1) is 0 Å². The van der Waals surface area contributed by atoms with Gasteiger partial charge in [-0.15, -0.1) is 0 Å². The fourth-order valence-electron chi connectivity index (χ4n) is 0.895. The van der Waals surface area contributed by atoms with Crippen molar-refractivity contribution in [1.29, 1.82) is 0 Å². The van der Waals surface area contributed by atoms with E-state index >= 15 is 0 Å². The summed E-state index contributed by atoms with van der Waals surface area (Å²) in [7, 11) is 0. The molecule has 0 aromatic rings. The molecule has 0 fully saturated rings. The zero-order valence-electron chi connectivity index (χ0n) is 6.75.